The first kappa shape index (κ1) is 31.4. The van der Waals surface area contributed by atoms with Gasteiger partial charge >= 0.3 is 0 Å². The summed E-state index contributed by atoms with van der Waals surface area (Å²) in [6, 6.07) is 20.3. The van der Waals surface area contributed by atoms with E-state index in [9.17, 15) is 4.79 Å². The molecule has 2 aliphatic rings. The van der Waals surface area contributed by atoms with Crippen molar-refractivity contribution in [3.8, 4) is 23.0 Å². The van der Waals surface area contributed by atoms with Crippen molar-refractivity contribution < 1.29 is 28.5 Å². The lowest BCUT2D eigenvalue weighted by Gasteiger charge is -2.28. The first-order valence-corrected chi connectivity index (χ1v) is 15.4. The van der Waals surface area contributed by atoms with Crippen LogP contribution in [0.2, 0.25) is 0 Å². The Morgan fingerprint density at radius 3 is 2.36 bits per heavy atom. The minimum absolute atomic E-state index is 0.105. The number of ether oxygens (including phenoxy) is 5. The second kappa shape index (κ2) is 15.1. The van der Waals surface area contributed by atoms with Gasteiger partial charge in [0.2, 0.25) is 0 Å². The van der Waals surface area contributed by atoms with E-state index >= 15 is 0 Å². The highest BCUT2D eigenvalue weighted by atomic mass is 16.5. The zero-order valence-electron chi connectivity index (χ0n) is 26.3. The summed E-state index contributed by atoms with van der Waals surface area (Å²) >= 11 is 0. The van der Waals surface area contributed by atoms with E-state index in [1.807, 2.05) is 42.5 Å². The summed E-state index contributed by atoms with van der Waals surface area (Å²) in [6.07, 6.45) is 3.68. The number of nitrogens with zero attached hydrogens (tertiary/aromatic N) is 1. The van der Waals surface area contributed by atoms with Crippen LogP contribution in [0.5, 0.6) is 23.0 Å². The van der Waals surface area contributed by atoms with Crippen molar-refractivity contribution in [2.45, 2.75) is 51.8 Å². The molecule has 1 N–H and O–H groups in total. The molecular weight excluding hydrogens is 556 g/mol. The number of rotatable bonds is 15. The molecule has 0 atom stereocenters. The number of hydrogen-bond acceptors (Lipinski definition) is 7. The number of nitrogens with one attached hydrogen (secondary N) is 1. The predicted molar refractivity (Wildman–Crippen MR) is 171 cm³/mol. The number of amides is 1. The summed E-state index contributed by atoms with van der Waals surface area (Å²) in [5.41, 5.74) is 6.09. The van der Waals surface area contributed by atoms with Gasteiger partial charge in [0, 0.05) is 50.9 Å². The molecule has 44 heavy (non-hydrogen) atoms. The van der Waals surface area contributed by atoms with Crippen LogP contribution in [0.15, 0.2) is 66.2 Å². The molecule has 1 amide bonds. The van der Waals surface area contributed by atoms with Gasteiger partial charge in [-0.2, -0.15) is 0 Å². The molecule has 1 aliphatic carbocycles. The van der Waals surface area contributed by atoms with E-state index in [-0.39, 0.29) is 11.9 Å². The van der Waals surface area contributed by atoms with Crippen molar-refractivity contribution in [1.82, 2.24) is 10.2 Å². The fraction of sp³-hybridized carbons (Fsp3) is 0.417. The predicted octanol–water partition coefficient (Wildman–Crippen LogP) is 5.94. The summed E-state index contributed by atoms with van der Waals surface area (Å²) in [4.78, 5) is 16.3. The average Bonchev–Trinajstić information content (AvgIpc) is 3.90. The van der Waals surface area contributed by atoms with E-state index < -0.39 is 0 Å². The maximum absolute atomic E-state index is 14.2. The molecule has 0 unspecified atom stereocenters. The highest BCUT2D eigenvalue weighted by molar-refractivity contribution is 6.02. The molecule has 8 nitrogen and oxygen atoms in total. The van der Waals surface area contributed by atoms with Crippen LogP contribution >= 0.6 is 0 Å². The fourth-order valence-electron chi connectivity index (χ4n) is 5.61. The van der Waals surface area contributed by atoms with Crippen LogP contribution in [0.1, 0.15) is 47.9 Å². The van der Waals surface area contributed by atoms with Gasteiger partial charge in [-0.05, 0) is 97.0 Å². The van der Waals surface area contributed by atoms with Crippen molar-refractivity contribution in [2.24, 2.45) is 0 Å². The van der Waals surface area contributed by atoms with Gasteiger partial charge in [-0.1, -0.05) is 18.2 Å². The number of benzene rings is 3. The van der Waals surface area contributed by atoms with E-state index in [1.54, 1.807) is 21.3 Å². The van der Waals surface area contributed by atoms with Crippen molar-refractivity contribution >= 4 is 11.5 Å². The van der Waals surface area contributed by atoms with Gasteiger partial charge in [0.15, 0.2) is 0 Å². The first-order chi connectivity index (χ1) is 21.5. The Bertz CT molecular complexity index is 1440. The molecule has 1 saturated carbocycles. The summed E-state index contributed by atoms with van der Waals surface area (Å²) in [7, 11) is 4.97. The van der Waals surface area contributed by atoms with Gasteiger partial charge in [0.1, 0.15) is 29.6 Å². The van der Waals surface area contributed by atoms with Crippen LogP contribution < -0.4 is 24.3 Å². The molecule has 0 bridgehead atoms. The van der Waals surface area contributed by atoms with Crippen LogP contribution in [0, 0.1) is 6.92 Å². The van der Waals surface area contributed by atoms with Crippen molar-refractivity contribution in [2.75, 3.05) is 47.6 Å². The van der Waals surface area contributed by atoms with Gasteiger partial charge in [-0.25, -0.2) is 0 Å². The maximum Gasteiger partial charge on any atom is 0.251 e. The Hall–Kier alpha value is -4.01. The molecule has 234 valence electrons. The highest BCUT2D eigenvalue weighted by Crippen LogP contribution is 2.34. The zero-order valence-corrected chi connectivity index (χ0v) is 26.3. The Morgan fingerprint density at radius 1 is 0.864 bits per heavy atom. The lowest BCUT2D eigenvalue weighted by molar-refractivity contribution is -0.128. The number of aryl methyl sites for hydroxylation is 1. The number of carbonyl (C=O) groups excluding carboxylic acids is 1. The van der Waals surface area contributed by atoms with Crippen LogP contribution in [-0.2, 0) is 22.7 Å². The summed E-state index contributed by atoms with van der Waals surface area (Å²) in [5.74, 6) is 3.13. The van der Waals surface area contributed by atoms with Crippen LogP contribution in [0.25, 0.3) is 5.57 Å². The molecule has 1 heterocycles. The van der Waals surface area contributed by atoms with Gasteiger partial charge in [0.25, 0.3) is 5.91 Å². The lowest BCUT2D eigenvalue weighted by atomic mass is 9.93. The summed E-state index contributed by atoms with van der Waals surface area (Å²) in [5, 5.41) is 3.44. The minimum Gasteiger partial charge on any atom is -0.497 e. The third-order valence-electron chi connectivity index (χ3n) is 7.95. The lowest BCUT2D eigenvalue weighted by Crippen LogP contribution is -2.39. The van der Waals surface area contributed by atoms with Crippen molar-refractivity contribution in [3.05, 3.63) is 88.5 Å². The number of carbonyl (C=O) groups is 1. The Kier molecular flexibility index (Phi) is 10.8. The quantitative estimate of drug-likeness (QED) is 0.216. The molecule has 3 aromatic rings. The third-order valence-corrected chi connectivity index (χ3v) is 7.95. The standard InChI is InChI=1S/C36H44N2O6/c1-25-15-26(17-33(16-25)43-14-6-13-40-2)23-38(29-9-10-29)36(39)35-22-37-12-11-34(35)28-7-5-8-30(20-28)44-24-27-18-31(41-3)21-32(19-27)42-4/h5,7-8,15-21,29,37H,6,9-14,22-24H2,1-4H3. The molecule has 1 aliphatic heterocycles. The highest BCUT2D eigenvalue weighted by Gasteiger charge is 2.35. The molecule has 8 heteroatoms. The van der Waals surface area contributed by atoms with E-state index in [1.165, 1.54) is 0 Å². The van der Waals surface area contributed by atoms with Crippen LogP contribution in [0.3, 0.4) is 0 Å². The second-order valence-electron chi connectivity index (χ2n) is 11.4. The fourth-order valence-corrected chi connectivity index (χ4v) is 5.61. The minimum atomic E-state index is 0.105. The number of hydrogen-bond donors (Lipinski definition) is 1. The molecule has 0 saturated heterocycles. The molecule has 5 rings (SSSR count). The Balaban J connectivity index is 1.34. The normalized spacial score (nSPS) is 14.7. The van der Waals surface area contributed by atoms with E-state index in [0.29, 0.717) is 32.9 Å². The monoisotopic (exact) mass is 600 g/mol. The molecular formula is C36H44N2O6. The summed E-state index contributed by atoms with van der Waals surface area (Å²) in [6.45, 7) is 5.64. The maximum atomic E-state index is 14.2. The number of methoxy groups -OCH3 is 3. The largest absolute Gasteiger partial charge is 0.497 e. The Morgan fingerprint density at radius 2 is 1.64 bits per heavy atom. The van der Waals surface area contributed by atoms with Crippen molar-refractivity contribution in [3.63, 3.8) is 0 Å². The smallest absolute Gasteiger partial charge is 0.251 e. The first-order valence-electron chi connectivity index (χ1n) is 15.4. The zero-order chi connectivity index (χ0) is 30.9. The molecule has 0 radical (unpaired) electrons. The van der Waals surface area contributed by atoms with E-state index in [0.717, 1.165) is 88.6 Å². The molecule has 1 fully saturated rings. The molecule has 0 aromatic heterocycles. The van der Waals surface area contributed by atoms with E-state index in [4.69, 9.17) is 23.7 Å². The van der Waals surface area contributed by atoms with Gasteiger partial charge in [-0.3, -0.25) is 4.79 Å². The Labute approximate surface area is 260 Å². The van der Waals surface area contributed by atoms with E-state index in [2.05, 4.69) is 35.3 Å². The molecule has 0 spiro atoms. The third kappa shape index (κ3) is 8.33. The molecule has 3 aromatic carbocycles. The van der Waals surface area contributed by atoms with Crippen LogP contribution in [-0.4, -0.2) is 64.5 Å². The van der Waals surface area contributed by atoms with Gasteiger partial charge < -0.3 is 33.9 Å². The van der Waals surface area contributed by atoms with Gasteiger partial charge in [0.05, 0.1) is 20.8 Å². The second-order valence-corrected chi connectivity index (χ2v) is 11.4. The SMILES string of the molecule is COCCCOc1cc(C)cc(CN(C(=O)C2=C(c3cccc(OCc4cc(OC)cc(OC)c4)c3)CCNC2)C2CC2)c1. The van der Waals surface area contributed by atoms with Crippen molar-refractivity contribution in [1.29, 1.82) is 0 Å². The summed E-state index contributed by atoms with van der Waals surface area (Å²) < 4.78 is 28.1. The van der Waals surface area contributed by atoms with Crippen LogP contribution in [0.4, 0.5) is 0 Å². The topological polar surface area (TPSA) is 78.5 Å². The van der Waals surface area contributed by atoms with Gasteiger partial charge in [-0.15, -0.1) is 0 Å². The average molecular weight is 601 g/mol.